The minimum absolute atomic E-state index is 0.0440. The first-order chi connectivity index (χ1) is 20.9. The Labute approximate surface area is 254 Å². The smallest absolute Gasteiger partial charge is 0.455 e. The van der Waals surface area contributed by atoms with Crippen molar-refractivity contribution in [3.8, 4) is 5.75 Å². The van der Waals surface area contributed by atoms with E-state index in [-0.39, 0.29) is 35.5 Å². The van der Waals surface area contributed by atoms with Crippen molar-refractivity contribution >= 4 is 41.4 Å². The van der Waals surface area contributed by atoms with Gasteiger partial charge in [0.2, 0.25) is 11.8 Å². The van der Waals surface area contributed by atoms with Gasteiger partial charge in [-0.05, 0) is 78.1 Å². The van der Waals surface area contributed by atoms with E-state index < -0.39 is 13.0 Å². The molecular formula is C36H40BNO5. The maximum absolute atomic E-state index is 13.6. The molecule has 3 aromatic carbocycles. The van der Waals surface area contributed by atoms with Gasteiger partial charge in [0.25, 0.3) is 0 Å². The number of carbonyl (C=O) groups is 2. The van der Waals surface area contributed by atoms with E-state index in [2.05, 4.69) is 25.1 Å². The highest BCUT2D eigenvalue weighted by Crippen LogP contribution is 2.51. The molecule has 2 aliphatic heterocycles. The van der Waals surface area contributed by atoms with Gasteiger partial charge in [0.05, 0.1) is 17.9 Å². The molecule has 0 aromatic heterocycles. The van der Waals surface area contributed by atoms with Crippen molar-refractivity contribution in [3.05, 3.63) is 89.0 Å². The maximum atomic E-state index is 13.6. The summed E-state index contributed by atoms with van der Waals surface area (Å²) >= 11 is 0. The SMILES string of the molecule is CCCC1=C2[C@@H](CC/C(=C/c3ccc(O)c4ccccc34)c3ccccc3)OB(O)C[C@@H]2[C@@H]2C(=O)N(CCC)C(=O)[C@@H]2C1. The summed E-state index contributed by atoms with van der Waals surface area (Å²) in [6.45, 7) is 4.59. The Hall–Kier alpha value is -3.68. The summed E-state index contributed by atoms with van der Waals surface area (Å²) in [6, 6.07) is 21.8. The zero-order valence-corrected chi connectivity index (χ0v) is 25.0. The van der Waals surface area contributed by atoms with Crippen molar-refractivity contribution in [2.24, 2.45) is 17.8 Å². The molecule has 6 nitrogen and oxygen atoms in total. The number of fused-ring (bicyclic) bond motifs is 4. The largest absolute Gasteiger partial charge is 0.507 e. The molecule has 0 spiro atoms. The van der Waals surface area contributed by atoms with E-state index in [1.807, 2.05) is 55.5 Å². The Balaban J connectivity index is 1.36. The highest BCUT2D eigenvalue weighted by molar-refractivity contribution is 6.43. The quantitative estimate of drug-likeness (QED) is 0.125. The number of carbonyl (C=O) groups excluding carboxylic acids is 2. The lowest BCUT2D eigenvalue weighted by molar-refractivity contribution is -0.140. The van der Waals surface area contributed by atoms with Crippen molar-refractivity contribution in [2.75, 3.05) is 6.54 Å². The highest BCUT2D eigenvalue weighted by atomic mass is 16.5. The second-order valence-electron chi connectivity index (χ2n) is 12.2. The van der Waals surface area contributed by atoms with Crippen LogP contribution in [-0.4, -0.2) is 46.6 Å². The van der Waals surface area contributed by atoms with Gasteiger partial charge < -0.3 is 14.8 Å². The van der Waals surface area contributed by atoms with Crippen LogP contribution in [0.5, 0.6) is 5.75 Å². The number of hydrogen-bond donors (Lipinski definition) is 2. The zero-order chi connectivity index (χ0) is 30.1. The first-order valence-electron chi connectivity index (χ1n) is 15.8. The summed E-state index contributed by atoms with van der Waals surface area (Å²) in [5, 5.41) is 23.2. The Morgan fingerprint density at radius 1 is 0.953 bits per heavy atom. The monoisotopic (exact) mass is 577 g/mol. The molecule has 3 aliphatic rings. The predicted molar refractivity (Wildman–Crippen MR) is 171 cm³/mol. The average Bonchev–Trinajstić information content (AvgIpc) is 3.25. The summed E-state index contributed by atoms with van der Waals surface area (Å²) in [5.41, 5.74) is 5.64. The number of benzene rings is 3. The summed E-state index contributed by atoms with van der Waals surface area (Å²) in [5.74, 6) is -0.791. The molecule has 3 aromatic rings. The van der Waals surface area contributed by atoms with Crippen LogP contribution in [0.2, 0.25) is 6.32 Å². The summed E-state index contributed by atoms with van der Waals surface area (Å²) in [4.78, 5) is 28.4. The first kappa shape index (κ1) is 29.4. The van der Waals surface area contributed by atoms with Crippen molar-refractivity contribution in [2.45, 2.75) is 64.8 Å². The first-order valence-corrected chi connectivity index (χ1v) is 15.8. The van der Waals surface area contributed by atoms with Gasteiger partial charge in [0.1, 0.15) is 5.75 Å². The van der Waals surface area contributed by atoms with Crippen LogP contribution in [0.1, 0.15) is 63.5 Å². The predicted octanol–water partition coefficient (Wildman–Crippen LogP) is 6.87. The molecule has 0 bridgehead atoms. The zero-order valence-electron chi connectivity index (χ0n) is 25.0. The molecule has 0 unspecified atom stereocenters. The van der Waals surface area contributed by atoms with E-state index in [9.17, 15) is 19.7 Å². The van der Waals surface area contributed by atoms with Crippen LogP contribution in [0.3, 0.4) is 0 Å². The number of phenols is 1. The number of rotatable bonds is 9. The van der Waals surface area contributed by atoms with Crippen LogP contribution in [-0.2, 0) is 14.2 Å². The van der Waals surface area contributed by atoms with Crippen LogP contribution < -0.4 is 0 Å². The topological polar surface area (TPSA) is 87.1 Å². The van der Waals surface area contributed by atoms with Gasteiger partial charge in [-0.3, -0.25) is 14.5 Å². The van der Waals surface area contributed by atoms with Crippen LogP contribution in [0.4, 0.5) is 0 Å². The van der Waals surface area contributed by atoms with Gasteiger partial charge in [-0.1, -0.05) is 92.6 Å². The third-order valence-electron chi connectivity index (χ3n) is 9.48. The van der Waals surface area contributed by atoms with Crippen LogP contribution in [0.25, 0.3) is 22.4 Å². The molecule has 0 saturated carbocycles. The van der Waals surface area contributed by atoms with Crippen molar-refractivity contribution in [3.63, 3.8) is 0 Å². The van der Waals surface area contributed by atoms with Gasteiger partial charge in [-0.15, -0.1) is 0 Å². The molecule has 2 fully saturated rings. The number of imide groups is 1. The number of phenolic OH excluding ortho intramolecular Hbond substituents is 1. The fraction of sp³-hybridized carbons (Fsp3) is 0.389. The van der Waals surface area contributed by atoms with Gasteiger partial charge in [-0.25, -0.2) is 0 Å². The van der Waals surface area contributed by atoms with Gasteiger partial charge in [0.15, 0.2) is 0 Å². The Morgan fingerprint density at radius 2 is 1.70 bits per heavy atom. The Kier molecular flexibility index (Phi) is 8.55. The molecule has 222 valence electrons. The normalized spacial score (nSPS) is 24.1. The van der Waals surface area contributed by atoms with Gasteiger partial charge in [0, 0.05) is 11.9 Å². The molecular weight excluding hydrogens is 537 g/mol. The lowest BCUT2D eigenvalue weighted by Gasteiger charge is -2.43. The fourth-order valence-electron chi connectivity index (χ4n) is 7.67. The number of hydrogen-bond acceptors (Lipinski definition) is 5. The van der Waals surface area contributed by atoms with E-state index in [0.717, 1.165) is 52.3 Å². The van der Waals surface area contributed by atoms with E-state index in [1.54, 1.807) is 6.07 Å². The maximum Gasteiger partial charge on any atom is 0.455 e. The standard InChI is InChI=1S/C36H40BNO5/c1-3-10-26-21-29-34(36(41)38(19-4-2)35(29)40)30-22-37(42)43-32(33(26)30)18-16-24(23-11-6-5-7-12-23)20-25-15-17-31(39)28-14-9-8-13-27(25)28/h5-9,11-15,17,20,29-30,32,34,39,42H,3-4,10,16,18-19,21-22H2,1-2H3/b24-20-/t29-,30+,32-,34-/m1/s1. The van der Waals surface area contributed by atoms with E-state index in [4.69, 9.17) is 4.65 Å². The van der Waals surface area contributed by atoms with Crippen molar-refractivity contribution < 1.29 is 24.4 Å². The van der Waals surface area contributed by atoms with Crippen LogP contribution >= 0.6 is 0 Å². The number of aromatic hydroxyl groups is 1. The van der Waals surface area contributed by atoms with E-state index >= 15 is 0 Å². The third kappa shape index (κ3) is 5.57. The molecule has 43 heavy (non-hydrogen) atoms. The second-order valence-corrected chi connectivity index (χ2v) is 12.2. The second kappa shape index (κ2) is 12.5. The minimum Gasteiger partial charge on any atom is -0.507 e. The highest BCUT2D eigenvalue weighted by Gasteiger charge is 2.56. The number of likely N-dealkylation sites (tertiary alicyclic amines) is 1. The summed E-state index contributed by atoms with van der Waals surface area (Å²) in [6.07, 6.45) is 6.69. The van der Waals surface area contributed by atoms with Gasteiger partial charge in [-0.2, -0.15) is 0 Å². The lowest BCUT2D eigenvalue weighted by Crippen LogP contribution is -2.46. The summed E-state index contributed by atoms with van der Waals surface area (Å²) < 4.78 is 6.27. The molecule has 7 heteroatoms. The van der Waals surface area contributed by atoms with E-state index in [0.29, 0.717) is 32.1 Å². The molecule has 2 amide bonds. The third-order valence-corrected chi connectivity index (χ3v) is 9.48. The fourth-order valence-corrected chi connectivity index (χ4v) is 7.67. The molecule has 2 heterocycles. The van der Waals surface area contributed by atoms with Crippen LogP contribution in [0, 0.1) is 17.8 Å². The lowest BCUT2D eigenvalue weighted by atomic mass is 9.58. The van der Waals surface area contributed by atoms with Crippen LogP contribution in [0.15, 0.2) is 77.9 Å². The summed E-state index contributed by atoms with van der Waals surface area (Å²) in [7, 11) is -0.978. The average molecular weight is 578 g/mol. The molecule has 2 saturated heterocycles. The molecule has 4 atom stereocenters. The molecule has 1 aliphatic carbocycles. The number of nitrogens with zero attached hydrogens (tertiary/aromatic N) is 1. The molecule has 6 rings (SSSR count). The number of allylic oxidation sites excluding steroid dienone is 2. The Morgan fingerprint density at radius 3 is 2.44 bits per heavy atom. The van der Waals surface area contributed by atoms with Crippen molar-refractivity contribution in [1.29, 1.82) is 0 Å². The molecule has 0 radical (unpaired) electrons. The van der Waals surface area contributed by atoms with Crippen molar-refractivity contribution in [1.82, 2.24) is 4.90 Å². The molecule has 2 N–H and O–H groups in total. The Bertz CT molecular complexity index is 1580. The van der Waals surface area contributed by atoms with Gasteiger partial charge >= 0.3 is 7.12 Å². The van der Waals surface area contributed by atoms with E-state index in [1.165, 1.54) is 10.5 Å². The minimum atomic E-state index is -0.978. The number of amides is 2.